The maximum atomic E-state index is 13.1. The molecule has 0 N–H and O–H groups in total. The lowest BCUT2D eigenvalue weighted by atomic mass is 10.3. The lowest BCUT2D eigenvalue weighted by Crippen LogP contribution is -1.92. The van der Waals surface area contributed by atoms with Gasteiger partial charge in [0.25, 0.3) is 0 Å². The monoisotopic (exact) mass is 359 g/mol. The van der Waals surface area contributed by atoms with Crippen molar-refractivity contribution in [1.29, 1.82) is 0 Å². The Hall–Kier alpha value is -0.940. The number of hydrogen-bond acceptors (Lipinski definition) is 2. The van der Waals surface area contributed by atoms with E-state index in [4.69, 9.17) is 4.74 Å². The molecule has 0 amide bonds. The molecule has 0 atom stereocenters. The quantitative estimate of drug-likeness (QED) is 0.763. The molecule has 1 aromatic heterocycles. The van der Waals surface area contributed by atoms with E-state index in [0.29, 0.717) is 16.1 Å². The van der Waals surface area contributed by atoms with Crippen LogP contribution in [0.2, 0.25) is 0 Å². The summed E-state index contributed by atoms with van der Waals surface area (Å²) in [5.74, 6) is 0.514. The maximum Gasteiger partial charge on any atom is 0.222 e. The molecule has 0 fully saturated rings. The molecule has 0 aliphatic heterocycles. The average Bonchev–Trinajstić information content (AvgIpc) is 2.27. The van der Waals surface area contributed by atoms with Crippen LogP contribution in [-0.2, 0) is 0 Å². The first-order valence-electron chi connectivity index (χ1n) is 4.81. The summed E-state index contributed by atoms with van der Waals surface area (Å²) < 4.78 is 20.2. The molecule has 0 bridgehead atoms. The Labute approximate surface area is 115 Å². The van der Waals surface area contributed by atoms with Crippen LogP contribution < -0.4 is 4.74 Å². The van der Waals surface area contributed by atoms with Gasteiger partial charge in [-0.25, -0.2) is 9.37 Å². The molecule has 2 nitrogen and oxygen atoms in total. The van der Waals surface area contributed by atoms with Gasteiger partial charge in [-0.3, -0.25) is 0 Å². The van der Waals surface area contributed by atoms with Crippen molar-refractivity contribution in [1.82, 2.24) is 4.98 Å². The summed E-state index contributed by atoms with van der Waals surface area (Å²) in [5, 5.41) is 0. The van der Waals surface area contributed by atoms with Crippen molar-refractivity contribution in [3.8, 4) is 11.6 Å². The van der Waals surface area contributed by atoms with E-state index in [1.165, 1.54) is 12.1 Å². The van der Waals surface area contributed by atoms with E-state index in [-0.39, 0.29) is 5.82 Å². The first kappa shape index (κ1) is 12.5. The summed E-state index contributed by atoms with van der Waals surface area (Å²) in [4.78, 5) is 4.13. The molecule has 0 spiro atoms. The summed E-state index contributed by atoms with van der Waals surface area (Å²) in [6.45, 7) is 1.88. The summed E-state index contributed by atoms with van der Waals surface area (Å²) in [5.41, 5.74) is 0.871. The van der Waals surface area contributed by atoms with Crippen LogP contribution in [0.1, 0.15) is 5.56 Å². The van der Waals surface area contributed by atoms with Gasteiger partial charge in [-0.2, -0.15) is 0 Å². The predicted octanol–water partition coefficient (Wildman–Crippen LogP) is 4.85. The van der Waals surface area contributed by atoms with Crippen molar-refractivity contribution in [3.63, 3.8) is 0 Å². The number of hydrogen-bond donors (Lipinski definition) is 0. The number of aryl methyl sites for hydroxylation is 1. The molecule has 1 aromatic carbocycles. The zero-order chi connectivity index (χ0) is 12.4. The second kappa shape index (κ2) is 5.14. The van der Waals surface area contributed by atoms with Crippen LogP contribution in [-0.4, -0.2) is 4.98 Å². The highest BCUT2D eigenvalue weighted by Gasteiger charge is 2.08. The van der Waals surface area contributed by atoms with Crippen molar-refractivity contribution in [2.75, 3.05) is 0 Å². The van der Waals surface area contributed by atoms with Crippen LogP contribution in [0.4, 0.5) is 4.39 Å². The molecule has 0 unspecified atom stereocenters. The van der Waals surface area contributed by atoms with Crippen molar-refractivity contribution < 1.29 is 9.13 Å². The first-order valence-corrected chi connectivity index (χ1v) is 6.40. The van der Waals surface area contributed by atoms with Gasteiger partial charge >= 0.3 is 0 Å². The van der Waals surface area contributed by atoms with Crippen LogP contribution in [0.15, 0.2) is 39.4 Å². The van der Waals surface area contributed by atoms with Gasteiger partial charge in [0.1, 0.15) is 11.6 Å². The molecule has 1 heterocycles. The van der Waals surface area contributed by atoms with E-state index >= 15 is 0 Å². The molecule has 0 radical (unpaired) electrons. The molecule has 0 saturated carbocycles. The second-order valence-electron chi connectivity index (χ2n) is 3.45. The minimum absolute atomic E-state index is 0.349. The van der Waals surface area contributed by atoms with Crippen LogP contribution in [0.5, 0.6) is 11.6 Å². The normalized spacial score (nSPS) is 10.4. The van der Waals surface area contributed by atoms with Crippen molar-refractivity contribution in [2.45, 2.75) is 6.92 Å². The van der Waals surface area contributed by atoms with E-state index in [1.54, 1.807) is 12.3 Å². The Balaban J connectivity index is 2.34. The Morgan fingerprint density at radius 2 is 2.00 bits per heavy atom. The molecular weight excluding hydrogens is 353 g/mol. The van der Waals surface area contributed by atoms with Crippen LogP contribution in [0.25, 0.3) is 0 Å². The van der Waals surface area contributed by atoms with Crippen LogP contribution in [0.3, 0.4) is 0 Å². The fourth-order valence-corrected chi connectivity index (χ4v) is 2.07. The minimum Gasteiger partial charge on any atom is -0.437 e. The Kier molecular flexibility index (Phi) is 3.79. The smallest absolute Gasteiger partial charge is 0.222 e. The fourth-order valence-electron chi connectivity index (χ4n) is 1.29. The molecule has 17 heavy (non-hydrogen) atoms. The van der Waals surface area contributed by atoms with Gasteiger partial charge in [0, 0.05) is 22.3 Å². The molecule has 2 rings (SSSR count). The summed E-state index contributed by atoms with van der Waals surface area (Å²) in [6, 6.07) is 6.15. The third-order valence-electron chi connectivity index (χ3n) is 2.10. The Morgan fingerprint density at radius 1 is 1.24 bits per heavy atom. The third-order valence-corrected chi connectivity index (χ3v) is 3.19. The van der Waals surface area contributed by atoms with E-state index in [0.717, 1.165) is 10.0 Å². The number of nitrogens with zero attached hydrogens (tertiary/aromatic N) is 1. The number of rotatable bonds is 2. The molecule has 0 aliphatic rings. The van der Waals surface area contributed by atoms with Gasteiger partial charge in [0.05, 0.1) is 4.47 Å². The highest BCUT2D eigenvalue weighted by molar-refractivity contribution is 9.10. The standard InChI is InChI=1S/C12H8Br2FNO/c1-7-4-8(13)6-16-12(7)17-11-5-9(15)2-3-10(11)14/h2-6H,1H3. The largest absolute Gasteiger partial charge is 0.437 e. The average molecular weight is 361 g/mol. The number of halogens is 3. The van der Waals surface area contributed by atoms with Crippen LogP contribution >= 0.6 is 31.9 Å². The van der Waals surface area contributed by atoms with Gasteiger partial charge in [0.15, 0.2) is 0 Å². The highest BCUT2D eigenvalue weighted by atomic mass is 79.9. The lowest BCUT2D eigenvalue weighted by Gasteiger charge is -2.09. The van der Waals surface area contributed by atoms with Crippen LogP contribution in [0, 0.1) is 12.7 Å². The number of benzene rings is 1. The molecule has 88 valence electrons. The minimum atomic E-state index is -0.349. The summed E-state index contributed by atoms with van der Waals surface area (Å²) in [6.07, 6.45) is 1.63. The Bertz CT molecular complexity index is 560. The fraction of sp³-hybridized carbons (Fsp3) is 0.0833. The topological polar surface area (TPSA) is 22.1 Å². The van der Waals surface area contributed by atoms with E-state index in [1.807, 2.05) is 13.0 Å². The zero-order valence-electron chi connectivity index (χ0n) is 8.88. The van der Waals surface area contributed by atoms with Gasteiger partial charge in [-0.15, -0.1) is 0 Å². The Morgan fingerprint density at radius 3 is 2.71 bits per heavy atom. The highest BCUT2D eigenvalue weighted by Crippen LogP contribution is 2.31. The summed E-state index contributed by atoms with van der Waals surface area (Å²) in [7, 11) is 0. The molecule has 2 aromatic rings. The van der Waals surface area contributed by atoms with Crippen molar-refractivity contribution >= 4 is 31.9 Å². The molecule has 5 heteroatoms. The summed E-state index contributed by atoms with van der Waals surface area (Å²) >= 11 is 6.62. The third kappa shape index (κ3) is 3.04. The van der Waals surface area contributed by atoms with Gasteiger partial charge in [0.2, 0.25) is 5.88 Å². The van der Waals surface area contributed by atoms with Gasteiger partial charge in [-0.1, -0.05) is 0 Å². The molecular formula is C12H8Br2FNO. The number of ether oxygens (including phenoxy) is 1. The first-order chi connectivity index (χ1) is 8.06. The second-order valence-corrected chi connectivity index (χ2v) is 5.22. The SMILES string of the molecule is Cc1cc(Br)cnc1Oc1cc(F)ccc1Br. The van der Waals surface area contributed by atoms with E-state index < -0.39 is 0 Å². The van der Waals surface area contributed by atoms with Gasteiger partial charge in [-0.05, 0) is 57.0 Å². The van der Waals surface area contributed by atoms with E-state index in [9.17, 15) is 4.39 Å². The van der Waals surface area contributed by atoms with E-state index in [2.05, 4.69) is 36.8 Å². The lowest BCUT2D eigenvalue weighted by molar-refractivity contribution is 0.451. The van der Waals surface area contributed by atoms with Crippen molar-refractivity contribution in [3.05, 3.63) is 50.8 Å². The maximum absolute atomic E-state index is 13.1. The predicted molar refractivity (Wildman–Crippen MR) is 70.8 cm³/mol. The van der Waals surface area contributed by atoms with Gasteiger partial charge < -0.3 is 4.74 Å². The molecule has 0 aliphatic carbocycles. The molecule has 0 saturated heterocycles. The van der Waals surface area contributed by atoms with Crippen molar-refractivity contribution in [2.24, 2.45) is 0 Å². The number of pyridine rings is 1. The zero-order valence-corrected chi connectivity index (χ0v) is 12.0. The number of aromatic nitrogens is 1.